The highest BCUT2D eigenvalue weighted by Gasteiger charge is 2.17. The maximum absolute atomic E-state index is 5.89. The lowest BCUT2D eigenvalue weighted by Crippen LogP contribution is -2.16. The van der Waals surface area contributed by atoms with E-state index in [9.17, 15) is 0 Å². The number of pyridine rings is 1. The SMILES string of the molecule is NCc1cc(OC2CCOC2)ncc1Cl. The van der Waals surface area contributed by atoms with Gasteiger partial charge in [-0.3, -0.25) is 0 Å². The molecule has 82 valence electrons. The molecular weight excluding hydrogens is 216 g/mol. The molecule has 0 bridgehead atoms. The number of nitrogens with two attached hydrogens (primary N) is 1. The molecule has 0 saturated carbocycles. The molecule has 1 aromatic heterocycles. The van der Waals surface area contributed by atoms with Crippen LogP contribution >= 0.6 is 11.6 Å². The van der Waals surface area contributed by atoms with Crippen molar-refractivity contribution in [3.8, 4) is 5.88 Å². The molecule has 4 nitrogen and oxygen atoms in total. The van der Waals surface area contributed by atoms with Gasteiger partial charge in [-0.2, -0.15) is 0 Å². The van der Waals surface area contributed by atoms with Crippen molar-refractivity contribution in [1.29, 1.82) is 0 Å². The standard InChI is InChI=1S/C10H13ClN2O2/c11-9-5-13-10(3-7(9)4-12)15-8-1-2-14-6-8/h3,5,8H,1-2,4,6,12H2. The molecule has 1 aliphatic rings. The Morgan fingerprint density at radius 1 is 1.67 bits per heavy atom. The Kier molecular flexibility index (Phi) is 3.41. The second-order valence-electron chi connectivity index (χ2n) is 3.42. The summed E-state index contributed by atoms with van der Waals surface area (Å²) in [5, 5.41) is 0.576. The fraction of sp³-hybridized carbons (Fsp3) is 0.500. The molecule has 0 radical (unpaired) electrons. The van der Waals surface area contributed by atoms with Crippen molar-refractivity contribution in [3.05, 3.63) is 22.8 Å². The highest BCUT2D eigenvalue weighted by atomic mass is 35.5. The normalized spacial score (nSPS) is 20.5. The van der Waals surface area contributed by atoms with Gasteiger partial charge in [0, 0.05) is 25.2 Å². The average Bonchev–Trinajstić information content (AvgIpc) is 2.73. The van der Waals surface area contributed by atoms with Gasteiger partial charge in [-0.05, 0) is 5.56 Å². The molecule has 2 heterocycles. The van der Waals surface area contributed by atoms with Gasteiger partial charge in [-0.15, -0.1) is 0 Å². The lowest BCUT2D eigenvalue weighted by Gasteiger charge is -2.11. The molecule has 0 spiro atoms. The van der Waals surface area contributed by atoms with Crippen LogP contribution in [0.2, 0.25) is 5.02 Å². The van der Waals surface area contributed by atoms with Crippen molar-refractivity contribution in [1.82, 2.24) is 4.98 Å². The predicted molar refractivity (Wildman–Crippen MR) is 57.0 cm³/mol. The Bertz CT molecular complexity index is 340. The van der Waals surface area contributed by atoms with Gasteiger partial charge >= 0.3 is 0 Å². The van der Waals surface area contributed by atoms with E-state index in [0.29, 0.717) is 24.1 Å². The van der Waals surface area contributed by atoms with Crippen LogP contribution in [0.15, 0.2) is 12.3 Å². The Morgan fingerprint density at radius 2 is 2.53 bits per heavy atom. The second kappa shape index (κ2) is 4.79. The maximum atomic E-state index is 5.89. The van der Waals surface area contributed by atoms with E-state index >= 15 is 0 Å². The number of halogens is 1. The molecule has 5 heteroatoms. The molecule has 1 fully saturated rings. The summed E-state index contributed by atoms with van der Waals surface area (Å²) in [5.41, 5.74) is 6.38. The average molecular weight is 229 g/mol. The molecule has 1 aromatic rings. The van der Waals surface area contributed by atoms with E-state index in [2.05, 4.69) is 4.98 Å². The molecule has 1 aliphatic heterocycles. The Labute approximate surface area is 93.3 Å². The van der Waals surface area contributed by atoms with Gasteiger partial charge in [0.25, 0.3) is 0 Å². The van der Waals surface area contributed by atoms with Gasteiger partial charge in [-0.25, -0.2) is 4.98 Å². The fourth-order valence-corrected chi connectivity index (χ4v) is 1.64. The second-order valence-corrected chi connectivity index (χ2v) is 3.83. The lowest BCUT2D eigenvalue weighted by molar-refractivity contribution is 0.138. The molecule has 15 heavy (non-hydrogen) atoms. The van der Waals surface area contributed by atoms with Crippen LogP contribution in [0.25, 0.3) is 0 Å². The number of rotatable bonds is 3. The molecule has 1 atom stereocenters. The van der Waals surface area contributed by atoms with Crippen LogP contribution in [0.4, 0.5) is 0 Å². The van der Waals surface area contributed by atoms with E-state index in [4.69, 9.17) is 26.8 Å². The van der Waals surface area contributed by atoms with Crippen molar-refractivity contribution in [2.75, 3.05) is 13.2 Å². The maximum Gasteiger partial charge on any atom is 0.213 e. The predicted octanol–water partition coefficient (Wildman–Crippen LogP) is 1.36. The number of hydrogen-bond acceptors (Lipinski definition) is 4. The minimum atomic E-state index is 0.101. The van der Waals surface area contributed by atoms with E-state index < -0.39 is 0 Å². The first kappa shape index (κ1) is 10.7. The topological polar surface area (TPSA) is 57.4 Å². The smallest absolute Gasteiger partial charge is 0.213 e. The van der Waals surface area contributed by atoms with Crippen LogP contribution in [-0.4, -0.2) is 24.3 Å². The molecule has 2 rings (SSSR count). The first-order valence-corrected chi connectivity index (χ1v) is 5.26. The highest BCUT2D eigenvalue weighted by Crippen LogP contribution is 2.20. The number of nitrogens with zero attached hydrogens (tertiary/aromatic N) is 1. The van der Waals surface area contributed by atoms with Crippen molar-refractivity contribution >= 4 is 11.6 Å². The van der Waals surface area contributed by atoms with Crippen LogP contribution in [0.5, 0.6) is 5.88 Å². The highest BCUT2D eigenvalue weighted by molar-refractivity contribution is 6.31. The van der Waals surface area contributed by atoms with Gasteiger partial charge in [0.2, 0.25) is 5.88 Å². The van der Waals surface area contributed by atoms with E-state index in [-0.39, 0.29) is 6.10 Å². The number of ether oxygens (including phenoxy) is 2. The first-order chi connectivity index (χ1) is 7.29. The third-order valence-corrected chi connectivity index (χ3v) is 2.65. The van der Waals surface area contributed by atoms with Crippen LogP contribution in [0, 0.1) is 0 Å². The van der Waals surface area contributed by atoms with Gasteiger partial charge < -0.3 is 15.2 Å². The summed E-state index contributed by atoms with van der Waals surface area (Å²) in [6.07, 6.45) is 2.57. The van der Waals surface area contributed by atoms with E-state index in [0.717, 1.165) is 18.6 Å². The summed E-state index contributed by atoms with van der Waals surface area (Å²) in [6.45, 7) is 1.77. The molecule has 0 amide bonds. The van der Waals surface area contributed by atoms with Crippen molar-refractivity contribution in [2.24, 2.45) is 5.73 Å². The fourth-order valence-electron chi connectivity index (χ4n) is 1.46. The Hall–Kier alpha value is -0.840. The third-order valence-electron chi connectivity index (χ3n) is 2.30. The summed E-state index contributed by atoms with van der Waals surface area (Å²) in [6, 6.07) is 1.78. The summed E-state index contributed by atoms with van der Waals surface area (Å²) < 4.78 is 10.8. The van der Waals surface area contributed by atoms with Gasteiger partial charge in [0.1, 0.15) is 6.10 Å². The summed E-state index contributed by atoms with van der Waals surface area (Å²) >= 11 is 5.89. The molecule has 0 aromatic carbocycles. The molecule has 1 unspecified atom stereocenters. The van der Waals surface area contributed by atoms with Gasteiger partial charge in [0.15, 0.2) is 0 Å². The molecule has 0 aliphatic carbocycles. The van der Waals surface area contributed by atoms with Crippen LogP contribution in [0.1, 0.15) is 12.0 Å². The summed E-state index contributed by atoms with van der Waals surface area (Å²) in [7, 11) is 0. The quantitative estimate of drug-likeness (QED) is 0.849. The van der Waals surface area contributed by atoms with Crippen molar-refractivity contribution in [2.45, 2.75) is 19.1 Å². The summed E-state index contributed by atoms with van der Waals surface area (Å²) in [5.74, 6) is 0.565. The minimum Gasteiger partial charge on any atom is -0.472 e. The zero-order chi connectivity index (χ0) is 10.7. The van der Waals surface area contributed by atoms with Crippen LogP contribution in [0.3, 0.4) is 0 Å². The molecule has 2 N–H and O–H groups in total. The molecule has 1 saturated heterocycles. The molecular formula is C10H13ClN2O2. The minimum absolute atomic E-state index is 0.101. The van der Waals surface area contributed by atoms with E-state index in [1.165, 1.54) is 0 Å². The van der Waals surface area contributed by atoms with E-state index in [1.807, 2.05) is 0 Å². The van der Waals surface area contributed by atoms with Gasteiger partial charge in [-0.1, -0.05) is 11.6 Å². The zero-order valence-electron chi connectivity index (χ0n) is 8.28. The lowest BCUT2D eigenvalue weighted by atomic mass is 10.2. The first-order valence-electron chi connectivity index (χ1n) is 4.88. The van der Waals surface area contributed by atoms with Gasteiger partial charge in [0.05, 0.1) is 18.2 Å². The van der Waals surface area contributed by atoms with Crippen molar-refractivity contribution < 1.29 is 9.47 Å². The Balaban J connectivity index is 2.07. The number of hydrogen-bond donors (Lipinski definition) is 1. The largest absolute Gasteiger partial charge is 0.472 e. The van der Waals surface area contributed by atoms with Crippen molar-refractivity contribution in [3.63, 3.8) is 0 Å². The van der Waals surface area contributed by atoms with Crippen LogP contribution < -0.4 is 10.5 Å². The third kappa shape index (κ3) is 2.59. The number of aromatic nitrogens is 1. The van der Waals surface area contributed by atoms with Crippen LogP contribution in [-0.2, 0) is 11.3 Å². The zero-order valence-corrected chi connectivity index (χ0v) is 9.04. The Morgan fingerprint density at radius 3 is 3.20 bits per heavy atom. The summed E-state index contributed by atoms with van der Waals surface area (Å²) in [4.78, 5) is 4.09. The monoisotopic (exact) mass is 228 g/mol. The van der Waals surface area contributed by atoms with E-state index in [1.54, 1.807) is 12.3 Å².